The zero-order chi connectivity index (χ0) is 26.2. The van der Waals surface area contributed by atoms with E-state index in [1.54, 1.807) is 5.32 Å². The number of oxime groups is 1. The van der Waals surface area contributed by atoms with Crippen molar-refractivity contribution in [1.82, 2.24) is 10.6 Å². The number of benzene rings is 1. The third-order valence-electron chi connectivity index (χ3n) is 4.92. The van der Waals surface area contributed by atoms with Crippen molar-refractivity contribution in [2.45, 2.75) is 37.5 Å². The smallest absolute Gasteiger partial charge is 0.377 e. The molecule has 1 amide bonds. The van der Waals surface area contributed by atoms with E-state index >= 15 is 0 Å². The van der Waals surface area contributed by atoms with Crippen LogP contribution < -0.4 is 10.6 Å². The van der Waals surface area contributed by atoms with Crippen molar-refractivity contribution in [3.05, 3.63) is 55.2 Å². The first kappa shape index (κ1) is 27.5. The van der Waals surface area contributed by atoms with Crippen molar-refractivity contribution in [1.29, 1.82) is 0 Å². The second kappa shape index (κ2) is 10.1. The Kier molecular flexibility index (Phi) is 7.97. The number of alkyl halides is 6. The number of aliphatic hydroxyl groups is 1. The summed E-state index contributed by atoms with van der Waals surface area (Å²) >= 11 is 12.6. The first-order chi connectivity index (χ1) is 16.1. The van der Waals surface area contributed by atoms with Crippen molar-refractivity contribution in [2.24, 2.45) is 5.16 Å². The maximum absolute atomic E-state index is 14.1. The van der Waals surface area contributed by atoms with Gasteiger partial charge >= 0.3 is 12.4 Å². The molecule has 3 rings (SSSR count). The van der Waals surface area contributed by atoms with Crippen molar-refractivity contribution < 1.29 is 41.1 Å². The summed E-state index contributed by atoms with van der Waals surface area (Å²) in [6, 6.07) is 4.88. The molecule has 1 aliphatic heterocycles. The second-order valence-corrected chi connectivity index (χ2v) is 9.56. The molecule has 2 unspecified atom stereocenters. The number of thiophene rings is 1. The van der Waals surface area contributed by atoms with Gasteiger partial charge in [-0.15, -0.1) is 11.3 Å². The average molecular weight is 564 g/mol. The van der Waals surface area contributed by atoms with Crippen LogP contribution in [-0.2, 0) is 10.4 Å². The summed E-state index contributed by atoms with van der Waals surface area (Å²) in [4.78, 5) is 17.7. The van der Waals surface area contributed by atoms with Crippen molar-refractivity contribution in [3.8, 4) is 0 Å². The minimum absolute atomic E-state index is 0.0222. The van der Waals surface area contributed by atoms with Crippen LogP contribution >= 0.6 is 34.5 Å². The lowest BCUT2D eigenvalue weighted by atomic mass is 9.88. The van der Waals surface area contributed by atoms with E-state index in [1.807, 2.05) is 0 Å². The van der Waals surface area contributed by atoms with Crippen LogP contribution in [0.25, 0.3) is 0 Å². The molecule has 2 aromatic rings. The highest BCUT2D eigenvalue weighted by molar-refractivity contribution is 7.16. The lowest BCUT2D eigenvalue weighted by Crippen LogP contribution is -2.44. The fraction of sp³-hybridized carbons (Fsp3) is 0.400. The molecule has 0 saturated carbocycles. The molecule has 0 aliphatic carbocycles. The Morgan fingerprint density at radius 1 is 1.20 bits per heavy atom. The summed E-state index contributed by atoms with van der Waals surface area (Å²) in [6.07, 6.45) is -11.8. The number of aliphatic hydroxyl groups excluding tert-OH is 1. The van der Waals surface area contributed by atoms with E-state index in [1.165, 1.54) is 19.1 Å². The second-order valence-electron chi connectivity index (χ2n) is 7.63. The molecule has 0 spiro atoms. The van der Waals surface area contributed by atoms with E-state index in [0.29, 0.717) is 5.56 Å². The van der Waals surface area contributed by atoms with Crippen LogP contribution in [0.1, 0.15) is 32.1 Å². The van der Waals surface area contributed by atoms with Gasteiger partial charge < -0.3 is 15.3 Å². The van der Waals surface area contributed by atoms with Crippen LogP contribution in [0, 0.1) is 6.92 Å². The van der Waals surface area contributed by atoms with Gasteiger partial charge in [0.1, 0.15) is 11.9 Å². The van der Waals surface area contributed by atoms with Crippen LogP contribution in [0.3, 0.4) is 0 Å². The maximum Gasteiger partial charge on any atom is 0.435 e. The molecule has 0 fully saturated rings. The molecular formula is C20H17Cl2F6N3O3S. The first-order valence-corrected chi connectivity index (χ1v) is 11.3. The SMILES string of the molecule is Cc1cc(C2=NOC(c3cc(Cl)cc(Cl)c3)(C(F)(F)F)C2)sc1C(=O)NCC(O)NCC(F)(F)F. The predicted octanol–water partition coefficient (Wildman–Crippen LogP) is 5.15. The molecule has 3 N–H and O–H groups in total. The zero-order valence-corrected chi connectivity index (χ0v) is 20.0. The minimum atomic E-state index is -4.89. The van der Waals surface area contributed by atoms with Gasteiger partial charge in [0.25, 0.3) is 11.5 Å². The zero-order valence-electron chi connectivity index (χ0n) is 17.7. The molecular weight excluding hydrogens is 547 g/mol. The van der Waals surface area contributed by atoms with E-state index in [0.717, 1.165) is 23.5 Å². The summed E-state index contributed by atoms with van der Waals surface area (Å²) in [5, 5.41) is 17.2. The Morgan fingerprint density at radius 2 is 1.83 bits per heavy atom. The quantitative estimate of drug-likeness (QED) is 0.321. The highest BCUT2D eigenvalue weighted by atomic mass is 35.5. The Bertz CT molecular complexity index is 1120. The standard InChI is InChI=1S/C20H17Cl2F6N3O3S/c1-9-2-14(35-16(9)17(33)29-7-15(32)30-8-19(23,24)25)13-6-18(34-31-13,20(26,27)28)10-3-11(21)5-12(22)4-10/h2-5,15,30,32H,6-8H2,1H3,(H,29,33). The number of amides is 1. The number of aryl methyl sites for hydroxylation is 1. The Morgan fingerprint density at radius 3 is 2.40 bits per heavy atom. The molecule has 6 nitrogen and oxygen atoms in total. The Hall–Kier alpha value is -2.06. The molecule has 192 valence electrons. The molecule has 1 aromatic carbocycles. The highest BCUT2D eigenvalue weighted by Crippen LogP contribution is 2.50. The minimum Gasteiger partial charge on any atom is -0.377 e. The number of nitrogens with zero attached hydrogens (tertiary/aromatic N) is 1. The fourth-order valence-corrected chi connectivity index (χ4v) is 4.84. The first-order valence-electron chi connectivity index (χ1n) is 9.77. The van der Waals surface area contributed by atoms with Crippen LogP contribution in [0.15, 0.2) is 29.4 Å². The average Bonchev–Trinajstić information content (AvgIpc) is 3.34. The van der Waals surface area contributed by atoms with E-state index in [4.69, 9.17) is 28.0 Å². The summed E-state index contributed by atoms with van der Waals surface area (Å²) in [7, 11) is 0. The molecule has 1 aliphatic rings. The molecule has 2 heterocycles. The lowest BCUT2D eigenvalue weighted by Gasteiger charge is -2.29. The third kappa shape index (κ3) is 6.39. The number of hydrogen-bond donors (Lipinski definition) is 3. The van der Waals surface area contributed by atoms with E-state index in [9.17, 15) is 36.2 Å². The summed E-state index contributed by atoms with van der Waals surface area (Å²) in [6.45, 7) is -0.458. The van der Waals surface area contributed by atoms with E-state index in [2.05, 4.69) is 10.5 Å². The molecule has 0 bridgehead atoms. The van der Waals surface area contributed by atoms with Gasteiger partial charge in [-0.1, -0.05) is 28.4 Å². The van der Waals surface area contributed by atoms with Crippen LogP contribution in [-0.4, -0.2) is 48.4 Å². The van der Waals surface area contributed by atoms with Crippen molar-refractivity contribution >= 4 is 46.2 Å². The van der Waals surface area contributed by atoms with Gasteiger partial charge in [-0.25, -0.2) is 0 Å². The van der Waals surface area contributed by atoms with Gasteiger partial charge in [0.15, 0.2) is 0 Å². The number of nitrogens with one attached hydrogen (secondary N) is 2. The van der Waals surface area contributed by atoms with Crippen LogP contribution in [0.2, 0.25) is 10.0 Å². The van der Waals surface area contributed by atoms with Crippen LogP contribution in [0.4, 0.5) is 26.3 Å². The lowest BCUT2D eigenvalue weighted by molar-refractivity contribution is -0.275. The van der Waals surface area contributed by atoms with Gasteiger partial charge in [0.2, 0.25) is 0 Å². The Labute approximate surface area is 208 Å². The molecule has 0 saturated heterocycles. The summed E-state index contributed by atoms with van der Waals surface area (Å²) in [5.41, 5.74) is -2.87. The molecule has 2 atom stereocenters. The van der Waals surface area contributed by atoms with Crippen molar-refractivity contribution in [3.63, 3.8) is 0 Å². The fourth-order valence-electron chi connectivity index (χ4n) is 3.25. The summed E-state index contributed by atoms with van der Waals surface area (Å²) in [5.74, 6) is -0.727. The normalized spacial score (nSPS) is 19.3. The van der Waals surface area contributed by atoms with Gasteiger partial charge in [0.05, 0.1) is 29.3 Å². The number of rotatable bonds is 7. The topological polar surface area (TPSA) is 83.0 Å². The number of carbonyl (C=O) groups is 1. The molecule has 0 radical (unpaired) electrons. The van der Waals surface area contributed by atoms with Crippen LogP contribution in [0.5, 0.6) is 0 Å². The molecule has 15 heteroatoms. The van der Waals surface area contributed by atoms with Gasteiger partial charge in [-0.3, -0.25) is 10.1 Å². The number of hydrogen-bond acceptors (Lipinski definition) is 6. The van der Waals surface area contributed by atoms with E-state index in [-0.39, 0.29) is 31.1 Å². The Balaban J connectivity index is 1.76. The van der Waals surface area contributed by atoms with Gasteiger partial charge in [0, 0.05) is 15.6 Å². The largest absolute Gasteiger partial charge is 0.435 e. The number of halogens is 8. The van der Waals surface area contributed by atoms with Gasteiger partial charge in [-0.2, -0.15) is 26.3 Å². The monoisotopic (exact) mass is 563 g/mol. The maximum atomic E-state index is 14.1. The van der Waals surface area contributed by atoms with Crippen molar-refractivity contribution in [2.75, 3.05) is 13.1 Å². The number of carbonyl (C=O) groups excluding carboxylic acids is 1. The summed E-state index contributed by atoms with van der Waals surface area (Å²) < 4.78 is 79.0. The molecule has 35 heavy (non-hydrogen) atoms. The predicted molar refractivity (Wildman–Crippen MR) is 118 cm³/mol. The highest BCUT2D eigenvalue weighted by Gasteiger charge is 2.62. The van der Waals surface area contributed by atoms with E-state index < -0.39 is 49.6 Å². The van der Waals surface area contributed by atoms with Gasteiger partial charge in [-0.05, 0) is 36.8 Å². The third-order valence-corrected chi connectivity index (χ3v) is 6.64. The molecule has 1 aromatic heterocycles.